The van der Waals surface area contributed by atoms with Crippen molar-refractivity contribution < 1.29 is 9.18 Å². The minimum absolute atomic E-state index is 0.121. The van der Waals surface area contributed by atoms with Gasteiger partial charge in [0.15, 0.2) is 0 Å². The molecule has 1 amide bonds. The third kappa shape index (κ3) is 2.67. The van der Waals surface area contributed by atoms with E-state index in [2.05, 4.69) is 10.3 Å². The number of amides is 1. The number of aromatic amines is 1. The fourth-order valence-corrected chi connectivity index (χ4v) is 3.35. The van der Waals surface area contributed by atoms with Crippen LogP contribution in [0.5, 0.6) is 0 Å². The number of carbonyl (C=O) groups excluding carboxylic acids is 1. The molecule has 0 fully saturated rings. The number of rotatable bonds is 3. The normalized spacial score (nSPS) is 11.3. The van der Waals surface area contributed by atoms with Crippen LogP contribution in [0.15, 0.2) is 48.7 Å². The number of halogens is 1. The topological polar surface area (TPSA) is 49.8 Å². The lowest BCUT2D eigenvalue weighted by Crippen LogP contribution is -2.15. The molecule has 0 atom stereocenters. The third-order valence-corrected chi connectivity index (χ3v) is 4.62. The summed E-state index contributed by atoms with van der Waals surface area (Å²) in [6, 6.07) is 12.4. The van der Waals surface area contributed by atoms with Crippen LogP contribution in [-0.4, -0.2) is 15.5 Å². The zero-order valence-electron chi connectivity index (χ0n) is 14.1. The van der Waals surface area contributed by atoms with Crippen molar-refractivity contribution in [2.24, 2.45) is 7.05 Å². The molecule has 2 N–H and O–H groups in total. The molecule has 0 spiro atoms. The van der Waals surface area contributed by atoms with E-state index in [9.17, 15) is 9.18 Å². The fraction of sp³-hybridized carbons (Fsp3) is 0.150. The van der Waals surface area contributed by atoms with E-state index in [0.717, 1.165) is 38.8 Å². The van der Waals surface area contributed by atoms with Gasteiger partial charge in [0.2, 0.25) is 5.91 Å². The van der Waals surface area contributed by atoms with Gasteiger partial charge >= 0.3 is 0 Å². The minimum atomic E-state index is -0.304. The van der Waals surface area contributed by atoms with Gasteiger partial charge in [-0.15, -0.1) is 0 Å². The van der Waals surface area contributed by atoms with E-state index in [1.54, 1.807) is 6.07 Å². The molecule has 4 aromatic rings. The molecule has 25 heavy (non-hydrogen) atoms. The summed E-state index contributed by atoms with van der Waals surface area (Å²) in [6.45, 7) is 1.90. The van der Waals surface area contributed by atoms with E-state index in [-0.39, 0.29) is 18.1 Å². The lowest BCUT2D eigenvalue weighted by atomic mass is 10.1. The first-order valence-electron chi connectivity index (χ1n) is 8.13. The highest BCUT2D eigenvalue weighted by Crippen LogP contribution is 2.26. The molecule has 4 rings (SSSR count). The average Bonchev–Trinajstić information content (AvgIpc) is 3.10. The Bertz CT molecular complexity index is 1110. The molecule has 0 aliphatic heterocycles. The summed E-state index contributed by atoms with van der Waals surface area (Å²) in [5.74, 6) is -0.424. The molecule has 0 aliphatic carbocycles. The van der Waals surface area contributed by atoms with E-state index in [1.165, 1.54) is 12.1 Å². The number of benzene rings is 2. The van der Waals surface area contributed by atoms with Crippen LogP contribution in [0.2, 0.25) is 0 Å². The zero-order chi connectivity index (χ0) is 17.6. The van der Waals surface area contributed by atoms with E-state index < -0.39 is 0 Å². The number of nitrogens with zero attached hydrogens (tertiary/aromatic N) is 1. The Morgan fingerprint density at radius 3 is 2.88 bits per heavy atom. The van der Waals surface area contributed by atoms with E-state index in [1.807, 2.05) is 49.0 Å². The van der Waals surface area contributed by atoms with Crippen molar-refractivity contribution in [1.82, 2.24) is 9.55 Å². The second-order valence-corrected chi connectivity index (χ2v) is 6.31. The Kier molecular flexibility index (Phi) is 3.57. The van der Waals surface area contributed by atoms with Gasteiger partial charge in [-0.25, -0.2) is 4.39 Å². The zero-order valence-corrected chi connectivity index (χ0v) is 14.1. The van der Waals surface area contributed by atoms with Crippen LogP contribution in [0, 0.1) is 12.7 Å². The van der Waals surface area contributed by atoms with Crippen LogP contribution in [-0.2, 0) is 18.3 Å². The molecule has 0 aliphatic rings. The Morgan fingerprint density at radius 1 is 1.20 bits per heavy atom. The van der Waals surface area contributed by atoms with Gasteiger partial charge in [-0.1, -0.05) is 6.07 Å². The van der Waals surface area contributed by atoms with Gasteiger partial charge in [-0.2, -0.15) is 0 Å². The van der Waals surface area contributed by atoms with Crippen molar-refractivity contribution in [1.29, 1.82) is 0 Å². The SMILES string of the molecule is Cc1[nH]c2ccc(F)cc2c1CC(=O)Nc1cccc2c1ccn2C. The fourth-order valence-electron chi connectivity index (χ4n) is 3.35. The maximum atomic E-state index is 13.6. The predicted octanol–water partition coefficient (Wildman–Crippen LogP) is 4.29. The summed E-state index contributed by atoms with van der Waals surface area (Å²) >= 11 is 0. The molecule has 4 nitrogen and oxygen atoms in total. The smallest absolute Gasteiger partial charge is 0.228 e. The monoisotopic (exact) mass is 335 g/mol. The molecule has 0 bridgehead atoms. The molecule has 2 aromatic carbocycles. The highest BCUT2D eigenvalue weighted by molar-refractivity contribution is 6.03. The van der Waals surface area contributed by atoms with Crippen molar-refractivity contribution in [3.63, 3.8) is 0 Å². The largest absolute Gasteiger partial charge is 0.358 e. The van der Waals surface area contributed by atoms with Crippen LogP contribution in [0.4, 0.5) is 10.1 Å². The Balaban J connectivity index is 1.64. The molecule has 0 unspecified atom stereocenters. The van der Waals surface area contributed by atoms with Crippen molar-refractivity contribution >= 4 is 33.4 Å². The van der Waals surface area contributed by atoms with E-state index in [0.29, 0.717) is 0 Å². The number of hydrogen-bond acceptors (Lipinski definition) is 1. The van der Waals surface area contributed by atoms with Crippen LogP contribution in [0.3, 0.4) is 0 Å². The summed E-state index contributed by atoms with van der Waals surface area (Å²) in [7, 11) is 1.97. The highest BCUT2D eigenvalue weighted by atomic mass is 19.1. The second-order valence-electron chi connectivity index (χ2n) is 6.31. The third-order valence-electron chi connectivity index (χ3n) is 4.62. The molecule has 2 heterocycles. The molecule has 2 aromatic heterocycles. The molecule has 126 valence electrons. The number of hydrogen-bond donors (Lipinski definition) is 2. The summed E-state index contributed by atoms with van der Waals surface area (Å²) in [4.78, 5) is 15.8. The maximum absolute atomic E-state index is 13.6. The minimum Gasteiger partial charge on any atom is -0.358 e. The van der Waals surface area contributed by atoms with Gasteiger partial charge in [-0.3, -0.25) is 4.79 Å². The molecular weight excluding hydrogens is 317 g/mol. The van der Waals surface area contributed by atoms with Gasteiger partial charge < -0.3 is 14.9 Å². The number of aromatic nitrogens is 2. The lowest BCUT2D eigenvalue weighted by molar-refractivity contribution is -0.115. The standard InChI is InChI=1S/C20H18FN3O/c1-12-15(16-10-13(21)6-7-18(16)22-12)11-20(25)23-17-4-3-5-19-14(17)8-9-24(19)2/h3-10,22H,11H2,1-2H3,(H,23,25). The quantitative estimate of drug-likeness (QED) is 0.576. The van der Waals surface area contributed by atoms with Gasteiger partial charge in [0.25, 0.3) is 0 Å². The number of nitrogens with one attached hydrogen (secondary N) is 2. The number of fused-ring (bicyclic) bond motifs is 2. The summed E-state index contributed by atoms with van der Waals surface area (Å²) < 4.78 is 15.6. The van der Waals surface area contributed by atoms with Crippen LogP contribution < -0.4 is 5.32 Å². The first-order valence-corrected chi connectivity index (χ1v) is 8.13. The first kappa shape index (κ1) is 15.4. The van der Waals surface area contributed by atoms with Gasteiger partial charge in [-0.05, 0) is 48.9 Å². The lowest BCUT2D eigenvalue weighted by Gasteiger charge is -2.08. The molecule has 5 heteroatoms. The van der Waals surface area contributed by atoms with Crippen molar-refractivity contribution in [2.45, 2.75) is 13.3 Å². The average molecular weight is 335 g/mol. The van der Waals surface area contributed by atoms with E-state index in [4.69, 9.17) is 0 Å². The molecular formula is C20H18FN3O. The van der Waals surface area contributed by atoms with Gasteiger partial charge in [0.05, 0.1) is 12.1 Å². The van der Waals surface area contributed by atoms with Crippen molar-refractivity contribution in [3.05, 3.63) is 65.7 Å². The molecule has 0 saturated heterocycles. The Hall–Kier alpha value is -3.08. The number of anilines is 1. The summed E-state index contributed by atoms with van der Waals surface area (Å²) in [5.41, 5.74) is 4.39. The predicted molar refractivity (Wildman–Crippen MR) is 98.2 cm³/mol. The summed E-state index contributed by atoms with van der Waals surface area (Å²) in [5, 5.41) is 4.74. The van der Waals surface area contributed by atoms with Crippen LogP contribution in [0.1, 0.15) is 11.3 Å². The molecule has 0 radical (unpaired) electrons. The highest BCUT2D eigenvalue weighted by Gasteiger charge is 2.14. The maximum Gasteiger partial charge on any atom is 0.228 e. The first-order chi connectivity index (χ1) is 12.0. The Morgan fingerprint density at radius 2 is 2.04 bits per heavy atom. The van der Waals surface area contributed by atoms with Gasteiger partial charge in [0.1, 0.15) is 5.82 Å². The van der Waals surface area contributed by atoms with E-state index >= 15 is 0 Å². The number of aryl methyl sites for hydroxylation is 2. The van der Waals surface area contributed by atoms with Crippen molar-refractivity contribution in [2.75, 3.05) is 5.32 Å². The van der Waals surface area contributed by atoms with Crippen LogP contribution >= 0.6 is 0 Å². The summed E-state index contributed by atoms with van der Waals surface area (Å²) in [6.07, 6.45) is 2.16. The second kappa shape index (κ2) is 5.77. The number of carbonyl (C=O) groups is 1. The van der Waals surface area contributed by atoms with Gasteiger partial charge in [0, 0.05) is 40.7 Å². The Labute approximate surface area is 144 Å². The van der Waals surface area contributed by atoms with Crippen LogP contribution in [0.25, 0.3) is 21.8 Å². The van der Waals surface area contributed by atoms with Crippen molar-refractivity contribution in [3.8, 4) is 0 Å². The molecule has 0 saturated carbocycles. The number of H-pyrrole nitrogens is 1.